The second-order valence-corrected chi connectivity index (χ2v) is 5.14. The number of hydrogen-bond donors (Lipinski definition) is 3. The second kappa shape index (κ2) is 5.92. The number of halogens is 1. The number of benzene rings is 2. The largest absolute Gasteiger partial charge is 0.369 e. The van der Waals surface area contributed by atoms with Crippen molar-refractivity contribution in [2.45, 2.75) is 6.92 Å². The lowest BCUT2D eigenvalue weighted by molar-refractivity contribution is 0.628. The number of nitrogens with one attached hydrogen (secondary N) is 1. The van der Waals surface area contributed by atoms with E-state index in [-0.39, 0.29) is 11.8 Å². The maximum atomic E-state index is 13.2. The van der Waals surface area contributed by atoms with Gasteiger partial charge in [-0.15, -0.1) is 5.10 Å². The van der Waals surface area contributed by atoms with Crippen LogP contribution in [0.5, 0.6) is 0 Å². The highest BCUT2D eigenvalue weighted by molar-refractivity contribution is 6.14. The van der Waals surface area contributed by atoms with Crippen molar-refractivity contribution in [1.29, 1.82) is 0 Å². The standard InChI is InChI=1S/C17H16FN5/c1-10(22-23-17(19)20)15-13-4-2-3-5-14(13)21-16(15)11-6-8-12(18)9-7-11/h2-9,21H,1H3,(H4,19,20,23). The van der Waals surface area contributed by atoms with Crippen LogP contribution < -0.4 is 11.5 Å². The highest BCUT2D eigenvalue weighted by Gasteiger charge is 2.15. The highest BCUT2D eigenvalue weighted by atomic mass is 19.1. The van der Waals surface area contributed by atoms with Crippen LogP contribution in [0.2, 0.25) is 0 Å². The van der Waals surface area contributed by atoms with Gasteiger partial charge in [-0.25, -0.2) is 4.39 Å². The number of guanidine groups is 1. The Kier molecular flexibility index (Phi) is 3.80. The predicted molar refractivity (Wildman–Crippen MR) is 91.7 cm³/mol. The minimum atomic E-state index is -0.280. The number of H-pyrrole nitrogens is 1. The molecule has 0 aliphatic rings. The zero-order valence-corrected chi connectivity index (χ0v) is 12.5. The molecule has 0 amide bonds. The third-order valence-electron chi connectivity index (χ3n) is 3.52. The zero-order chi connectivity index (χ0) is 16.4. The molecule has 0 spiro atoms. The molecule has 5 N–H and O–H groups in total. The summed E-state index contributed by atoms with van der Waals surface area (Å²) in [4.78, 5) is 3.35. The molecule has 23 heavy (non-hydrogen) atoms. The summed E-state index contributed by atoms with van der Waals surface area (Å²) in [6.07, 6.45) is 0. The van der Waals surface area contributed by atoms with Gasteiger partial charge in [0.15, 0.2) is 0 Å². The molecule has 3 rings (SSSR count). The molecule has 2 aromatic carbocycles. The number of nitrogens with two attached hydrogens (primary N) is 2. The number of rotatable bonds is 3. The number of para-hydroxylation sites is 1. The fraction of sp³-hybridized carbons (Fsp3) is 0.0588. The van der Waals surface area contributed by atoms with E-state index in [9.17, 15) is 4.39 Å². The van der Waals surface area contributed by atoms with Crippen molar-refractivity contribution < 1.29 is 4.39 Å². The minimum absolute atomic E-state index is 0.104. The number of aromatic nitrogens is 1. The first-order valence-electron chi connectivity index (χ1n) is 7.06. The summed E-state index contributed by atoms with van der Waals surface area (Å²) in [7, 11) is 0. The van der Waals surface area contributed by atoms with Crippen LogP contribution in [0.1, 0.15) is 12.5 Å². The van der Waals surface area contributed by atoms with Crippen LogP contribution in [-0.4, -0.2) is 16.7 Å². The number of nitrogens with zero attached hydrogens (tertiary/aromatic N) is 2. The maximum absolute atomic E-state index is 13.2. The third-order valence-corrected chi connectivity index (χ3v) is 3.52. The Labute approximate surface area is 132 Å². The van der Waals surface area contributed by atoms with Gasteiger partial charge in [-0.1, -0.05) is 18.2 Å². The van der Waals surface area contributed by atoms with Crippen LogP contribution in [-0.2, 0) is 0 Å². The molecule has 3 aromatic rings. The molecule has 0 radical (unpaired) electrons. The maximum Gasteiger partial charge on any atom is 0.211 e. The van der Waals surface area contributed by atoms with Gasteiger partial charge in [-0.05, 0) is 42.8 Å². The lowest BCUT2D eigenvalue weighted by Crippen LogP contribution is -2.22. The Balaban J connectivity index is 2.25. The molecule has 0 aliphatic carbocycles. The summed E-state index contributed by atoms with van der Waals surface area (Å²) < 4.78 is 13.2. The van der Waals surface area contributed by atoms with Gasteiger partial charge in [0.1, 0.15) is 5.82 Å². The lowest BCUT2D eigenvalue weighted by Gasteiger charge is -2.04. The Hall–Kier alpha value is -3.15. The molecule has 0 bridgehead atoms. The fourth-order valence-electron chi connectivity index (χ4n) is 2.53. The van der Waals surface area contributed by atoms with E-state index in [4.69, 9.17) is 11.5 Å². The summed E-state index contributed by atoms with van der Waals surface area (Å²) in [6.45, 7) is 1.83. The normalized spacial score (nSPS) is 11.7. The topological polar surface area (TPSA) is 92.5 Å². The van der Waals surface area contributed by atoms with Crippen LogP contribution in [0.4, 0.5) is 4.39 Å². The van der Waals surface area contributed by atoms with Crippen LogP contribution in [0, 0.1) is 5.82 Å². The van der Waals surface area contributed by atoms with E-state index in [2.05, 4.69) is 15.2 Å². The Morgan fingerprint density at radius 3 is 2.39 bits per heavy atom. The zero-order valence-electron chi connectivity index (χ0n) is 12.5. The van der Waals surface area contributed by atoms with Gasteiger partial charge in [-0.3, -0.25) is 0 Å². The quantitative estimate of drug-likeness (QED) is 0.394. The van der Waals surface area contributed by atoms with Gasteiger partial charge in [-0.2, -0.15) is 5.10 Å². The van der Waals surface area contributed by atoms with E-state index in [1.54, 1.807) is 12.1 Å². The van der Waals surface area contributed by atoms with Crippen molar-refractivity contribution in [2.75, 3.05) is 0 Å². The van der Waals surface area contributed by atoms with Crippen molar-refractivity contribution in [3.8, 4) is 11.3 Å². The van der Waals surface area contributed by atoms with Gasteiger partial charge in [0.05, 0.1) is 11.4 Å². The van der Waals surface area contributed by atoms with Gasteiger partial charge in [0.25, 0.3) is 0 Å². The predicted octanol–water partition coefficient (Wildman–Crippen LogP) is 2.97. The van der Waals surface area contributed by atoms with Crippen molar-refractivity contribution in [3.05, 3.63) is 59.9 Å². The molecular formula is C17H16FN5. The Morgan fingerprint density at radius 2 is 1.70 bits per heavy atom. The summed E-state index contributed by atoms with van der Waals surface area (Å²) in [5.41, 5.74) is 14.9. The molecule has 1 heterocycles. The van der Waals surface area contributed by atoms with E-state index < -0.39 is 0 Å². The monoisotopic (exact) mass is 309 g/mol. The first-order chi connectivity index (χ1) is 11.1. The molecule has 6 heteroatoms. The summed E-state index contributed by atoms with van der Waals surface area (Å²) in [5, 5.41) is 8.80. The second-order valence-electron chi connectivity index (χ2n) is 5.14. The Morgan fingerprint density at radius 1 is 1.00 bits per heavy atom. The molecule has 116 valence electrons. The summed E-state index contributed by atoms with van der Waals surface area (Å²) >= 11 is 0. The van der Waals surface area contributed by atoms with Crippen molar-refractivity contribution >= 4 is 22.6 Å². The van der Waals surface area contributed by atoms with Gasteiger partial charge < -0.3 is 16.5 Å². The van der Waals surface area contributed by atoms with Gasteiger partial charge in [0.2, 0.25) is 5.96 Å². The smallest absolute Gasteiger partial charge is 0.211 e. The van der Waals surface area contributed by atoms with Crippen LogP contribution >= 0.6 is 0 Å². The van der Waals surface area contributed by atoms with Crippen LogP contribution in [0.3, 0.4) is 0 Å². The highest BCUT2D eigenvalue weighted by Crippen LogP contribution is 2.31. The molecule has 0 unspecified atom stereocenters. The SMILES string of the molecule is CC(=NN=C(N)N)c1c(-c2ccc(F)cc2)[nH]c2ccccc12. The minimum Gasteiger partial charge on any atom is -0.369 e. The van der Waals surface area contributed by atoms with Crippen LogP contribution in [0.25, 0.3) is 22.2 Å². The van der Waals surface area contributed by atoms with Crippen LogP contribution in [0.15, 0.2) is 58.7 Å². The van der Waals surface area contributed by atoms with Crippen molar-refractivity contribution in [2.24, 2.45) is 21.7 Å². The Bertz CT molecular complexity index is 902. The first-order valence-corrected chi connectivity index (χ1v) is 7.06. The lowest BCUT2D eigenvalue weighted by atomic mass is 10.0. The average Bonchev–Trinajstić information content (AvgIpc) is 2.92. The molecule has 1 aromatic heterocycles. The summed E-state index contributed by atoms with van der Waals surface area (Å²) in [6, 6.07) is 14.1. The molecule has 0 atom stereocenters. The molecule has 0 aliphatic heterocycles. The molecule has 0 fully saturated rings. The van der Waals surface area contributed by atoms with E-state index in [1.807, 2.05) is 31.2 Å². The van der Waals surface area contributed by atoms with Crippen molar-refractivity contribution in [1.82, 2.24) is 4.98 Å². The molecule has 5 nitrogen and oxygen atoms in total. The van der Waals surface area contributed by atoms with E-state index >= 15 is 0 Å². The number of aromatic amines is 1. The third kappa shape index (κ3) is 2.91. The number of fused-ring (bicyclic) bond motifs is 1. The van der Waals surface area contributed by atoms with E-state index in [0.29, 0.717) is 5.71 Å². The molecule has 0 saturated carbocycles. The van der Waals surface area contributed by atoms with E-state index in [1.165, 1.54) is 12.1 Å². The summed E-state index contributed by atoms with van der Waals surface area (Å²) in [5.74, 6) is -0.384. The van der Waals surface area contributed by atoms with Gasteiger partial charge >= 0.3 is 0 Å². The molecular weight excluding hydrogens is 293 g/mol. The molecule has 0 saturated heterocycles. The van der Waals surface area contributed by atoms with Crippen molar-refractivity contribution in [3.63, 3.8) is 0 Å². The number of hydrogen-bond acceptors (Lipinski definition) is 2. The first kappa shape index (κ1) is 14.8. The van der Waals surface area contributed by atoms with E-state index in [0.717, 1.165) is 27.7 Å². The fourth-order valence-corrected chi connectivity index (χ4v) is 2.53. The average molecular weight is 309 g/mol. The van der Waals surface area contributed by atoms with Gasteiger partial charge in [0, 0.05) is 16.5 Å².